The van der Waals surface area contributed by atoms with Crippen molar-refractivity contribution in [2.45, 2.75) is 33.2 Å². The Morgan fingerprint density at radius 3 is 2.21 bits per heavy atom. The second kappa shape index (κ2) is 8.63. The van der Waals surface area contributed by atoms with Gasteiger partial charge in [-0.15, -0.1) is 0 Å². The zero-order valence-electron chi connectivity index (χ0n) is 18.1. The molecular weight excluding hydrogens is 420 g/mol. The highest BCUT2D eigenvalue weighted by molar-refractivity contribution is 6.28. The van der Waals surface area contributed by atoms with Crippen LogP contribution in [0.5, 0.6) is 0 Å². The van der Waals surface area contributed by atoms with E-state index in [0.29, 0.717) is 40.9 Å². The minimum absolute atomic E-state index is 0.00583. The van der Waals surface area contributed by atoms with Crippen LogP contribution < -0.4 is 10.9 Å². The molecule has 0 unspecified atom stereocenters. The van der Waals surface area contributed by atoms with Gasteiger partial charge in [-0.05, 0) is 36.6 Å². The first-order chi connectivity index (χ1) is 15.9. The minimum atomic E-state index is -0.621. The summed E-state index contributed by atoms with van der Waals surface area (Å²) < 4.78 is 0.981. The highest BCUT2D eigenvalue weighted by atomic mass is 16.2. The number of carbonyl (C=O) groups is 3. The Balaban J connectivity index is 1.61. The first-order valence-electron chi connectivity index (χ1n) is 10.5. The number of fused-ring (bicyclic) bond motifs is 2. The van der Waals surface area contributed by atoms with Gasteiger partial charge in [0.15, 0.2) is 11.6 Å². The molecule has 3 aromatic rings. The van der Waals surface area contributed by atoms with Crippen molar-refractivity contribution < 1.29 is 14.4 Å². The smallest absolute Gasteiger partial charge is 0.285 e. The number of benzene rings is 2. The summed E-state index contributed by atoms with van der Waals surface area (Å²) in [7, 11) is 0. The number of aryl methyl sites for hydroxylation is 1. The zero-order chi connectivity index (χ0) is 23.7. The van der Waals surface area contributed by atoms with E-state index in [9.17, 15) is 24.4 Å². The van der Waals surface area contributed by atoms with Crippen molar-refractivity contribution in [3.05, 3.63) is 91.9 Å². The predicted molar refractivity (Wildman–Crippen MR) is 120 cm³/mol. The van der Waals surface area contributed by atoms with Gasteiger partial charge in [0.25, 0.3) is 5.56 Å². The number of nitrogens with one attached hydrogen (secondary N) is 1. The average Bonchev–Trinajstić information content (AvgIpc) is 2.83. The normalized spacial score (nSPS) is 12.0. The summed E-state index contributed by atoms with van der Waals surface area (Å²) in [6.45, 7) is 3.31. The Kier molecular flexibility index (Phi) is 5.71. The van der Waals surface area contributed by atoms with Crippen molar-refractivity contribution in [1.82, 2.24) is 9.78 Å². The molecule has 164 valence electrons. The fraction of sp³-hybridized carbons (Fsp3) is 0.200. The quantitative estimate of drug-likeness (QED) is 0.509. The predicted octanol–water partition coefficient (Wildman–Crippen LogP) is 2.65. The average molecular weight is 440 g/mol. The molecule has 1 N–H and O–H groups in total. The largest absolute Gasteiger partial charge is 0.324 e. The summed E-state index contributed by atoms with van der Waals surface area (Å²) in [4.78, 5) is 50.9. The third-order valence-electron chi connectivity index (χ3n) is 5.64. The molecule has 0 atom stereocenters. The van der Waals surface area contributed by atoms with Crippen LogP contribution in [0.25, 0.3) is 0 Å². The first-order valence-corrected chi connectivity index (χ1v) is 10.5. The molecular formula is C25H20N4O4. The van der Waals surface area contributed by atoms with E-state index in [1.165, 1.54) is 18.2 Å². The molecule has 1 amide bonds. The van der Waals surface area contributed by atoms with E-state index in [1.54, 1.807) is 24.3 Å². The summed E-state index contributed by atoms with van der Waals surface area (Å²) in [5.74, 6) is -1.09. The Morgan fingerprint density at radius 2 is 1.61 bits per heavy atom. The molecule has 0 bridgehead atoms. The van der Waals surface area contributed by atoms with Gasteiger partial charge in [-0.2, -0.15) is 10.4 Å². The van der Waals surface area contributed by atoms with Gasteiger partial charge < -0.3 is 5.32 Å². The van der Waals surface area contributed by atoms with Crippen LogP contribution in [0, 0.1) is 11.3 Å². The summed E-state index contributed by atoms with van der Waals surface area (Å²) >= 11 is 0. The summed E-state index contributed by atoms with van der Waals surface area (Å²) in [6, 6.07) is 13.0. The number of anilines is 1. The van der Waals surface area contributed by atoms with Gasteiger partial charge in [-0.25, -0.2) is 4.68 Å². The number of carbonyl (C=O) groups excluding carboxylic acids is 3. The molecule has 1 aliphatic carbocycles. The Hall–Kier alpha value is -4.38. The second-order valence-corrected chi connectivity index (χ2v) is 7.59. The number of ketones is 2. The number of aromatic nitrogens is 2. The number of amides is 1. The lowest BCUT2D eigenvalue weighted by Crippen LogP contribution is -2.33. The van der Waals surface area contributed by atoms with E-state index in [4.69, 9.17) is 0 Å². The maximum Gasteiger partial charge on any atom is 0.285 e. The van der Waals surface area contributed by atoms with Gasteiger partial charge in [-0.1, -0.05) is 38.1 Å². The maximum atomic E-state index is 12.9. The number of nitriles is 1. The molecule has 0 saturated carbocycles. The molecule has 8 nitrogen and oxygen atoms in total. The lowest BCUT2D eigenvalue weighted by atomic mass is 9.84. The highest BCUT2D eigenvalue weighted by Crippen LogP contribution is 2.29. The van der Waals surface area contributed by atoms with Crippen LogP contribution in [-0.4, -0.2) is 27.3 Å². The Morgan fingerprint density at radius 1 is 0.970 bits per heavy atom. The van der Waals surface area contributed by atoms with E-state index < -0.39 is 18.0 Å². The zero-order valence-corrected chi connectivity index (χ0v) is 18.1. The molecule has 33 heavy (non-hydrogen) atoms. The van der Waals surface area contributed by atoms with Crippen LogP contribution in [0.4, 0.5) is 5.69 Å². The Labute approximate surface area is 189 Å². The summed E-state index contributed by atoms with van der Waals surface area (Å²) in [6.07, 6.45) is 1.01. The van der Waals surface area contributed by atoms with E-state index in [-0.39, 0.29) is 28.3 Å². The van der Waals surface area contributed by atoms with E-state index in [2.05, 4.69) is 10.4 Å². The highest BCUT2D eigenvalue weighted by Gasteiger charge is 2.29. The van der Waals surface area contributed by atoms with Gasteiger partial charge >= 0.3 is 0 Å². The molecule has 0 spiro atoms. The number of rotatable bonds is 5. The first kappa shape index (κ1) is 21.8. The third kappa shape index (κ3) is 3.74. The van der Waals surface area contributed by atoms with E-state index in [1.807, 2.05) is 19.9 Å². The topological polar surface area (TPSA) is 122 Å². The Bertz CT molecular complexity index is 1430. The molecule has 0 radical (unpaired) electrons. The second-order valence-electron chi connectivity index (χ2n) is 7.59. The lowest BCUT2D eigenvalue weighted by molar-refractivity contribution is -0.117. The van der Waals surface area contributed by atoms with Crippen LogP contribution >= 0.6 is 0 Å². The van der Waals surface area contributed by atoms with Crippen LogP contribution in [0.1, 0.15) is 62.5 Å². The molecule has 0 aliphatic heterocycles. The number of hydrogen-bond acceptors (Lipinski definition) is 6. The van der Waals surface area contributed by atoms with Gasteiger partial charge in [-0.3, -0.25) is 19.2 Å². The van der Waals surface area contributed by atoms with Crippen LogP contribution in [0.3, 0.4) is 0 Å². The fourth-order valence-corrected chi connectivity index (χ4v) is 4.05. The molecule has 1 aliphatic rings. The monoisotopic (exact) mass is 440 g/mol. The van der Waals surface area contributed by atoms with Crippen molar-refractivity contribution >= 4 is 23.2 Å². The fourth-order valence-electron chi connectivity index (χ4n) is 4.05. The standard InChI is InChI=1S/C25H20N4O4/c1-3-15-20(12-26)25(33)29(28-21(15)4-2)13-22(30)27-14-9-10-18-19(11-14)24(32)17-8-6-5-7-16(17)23(18)31/h5-11H,3-4,13H2,1-2H3,(H,27,30). The van der Waals surface area contributed by atoms with Crippen molar-refractivity contribution in [3.8, 4) is 6.07 Å². The van der Waals surface area contributed by atoms with Gasteiger partial charge in [0.05, 0.1) is 5.69 Å². The summed E-state index contributed by atoms with van der Waals surface area (Å²) in [5, 5.41) is 16.3. The van der Waals surface area contributed by atoms with Crippen LogP contribution in [0.15, 0.2) is 47.3 Å². The lowest BCUT2D eigenvalue weighted by Gasteiger charge is -2.18. The molecule has 1 aromatic heterocycles. The SMILES string of the molecule is CCc1nn(CC(=O)Nc2ccc3c(c2)C(=O)c2ccccc2C3=O)c(=O)c(C#N)c1CC. The van der Waals surface area contributed by atoms with E-state index in [0.717, 1.165) is 4.68 Å². The number of nitrogens with zero attached hydrogens (tertiary/aromatic N) is 3. The third-order valence-corrected chi connectivity index (χ3v) is 5.64. The van der Waals surface area contributed by atoms with Crippen LogP contribution in [0.2, 0.25) is 0 Å². The van der Waals surface area contributed by atoms with Gasteiger partial charge in [0.1, 0.15) is 18.2 Å². The van der Waals surface area contributed by atoms with Gasteiger partial charge in [0, 0.05) is 27.9 Å². The molecule has 2 aromatic carbocycles. The van der Waals surface area contributed by atoms with E-state index >= 15 is 0 Å². The molecule has 1 heterocycles. The summed E-state index contributed by atoms with van der Waals surface area (Å²) in [5.41, 5.74) is 2.04. The van der Waals surface area contributed by atoms with Crippen molar-refractivity contribution in [1.29, 1.82) is 5.26 Å². The van der Waals surface area contributed by atoms with Crippen molar-refractivity contribution in [2.24, 2.45) is 0 Å². The molecule has 4 rings (SSSR count). The number of hydrogen-bond donors (Lipinski definition) is 1. The van der Waals surface area contributed by atoms with Crippen molar-refractivity contribution in [3.63, 3.8) is 0 Å². The maximum absolute atomic E-state index is 12.9. The molecule has 0 saturated heterocycles. The van der Waals surface area contributed by atoms with Gasteiger partial charge in [0.2, 0.25) is 5.91 Å². The minimum Gasteiger partial charge on any atom is -0.324 e. The molecule has 0 fully saturated rings. The van der Waals surface area contributed by atoms with Crippen molar-refractivity contribution in [2.75, 3.05) is 5.32 Å². The van der Waals surface area contributed by atoms with Crippen LogP contribution in [-0.2, 0) is 24.2 Å². The molecule has 8 heteroatoms.